The van der Waals surface area contributed by atoms with Crippen LogP contribution in [0.2, 0.25) is 0 Å². The van der Waals surface area contributed by atoms with E-state index in [4.69, 9.17) is 4.74 Å². The first kappa shape index (κ1) is 18.4. The van der Waals surface area contributed by atoms with Gasteiger partial charge in [-0.1, -0.05) is 36.4 Å². The zero-order valence-electron chi connectivity index (χ0n) is 13.8. The van der Waals surface area contributed by atoms with Gasteiger partial charge in [0.25, 0.3) is 0 Å². The van der Waals surface area contributed by atoms with Gasteiger partial charge in [0.05, 0.1) is 17.1 Å². The monoisotopic (exact) mass is 351 g/mol. The van der Waals surface area contributed by atoms with E-state index in [1.807, 2.05) is 6.07 Å². The lowest BCUT2D eigenvalue weighted by Gasteiger charge is -2.23. The van der Waals surface area contributed by atoms with E-state index >= 15 is 0 Å². The van der Waals surface area contributed by atoms with E-state index in [0.29, 0.717) is 5.39 Å². The first-order chi connectivity index (χ1) is 11.1. The van der Waals surface area contributed by atoms with Crippen LogP contribution in [0.15, 0.2) is 47.4 Å². The van der Waals surface area contributed by atoms with Crippen LogP contribution in [-0.4, -0.2) is 37.7 Å². The number of hydrogen-bond acceptors (Lipinski definition) is 4. The Hall–Kier alpha value is -1.96. The van der Waals surface area contributed by atoms with Crippen molar-refractivity contribution in [2.24, 2.45) is 0 Å². The zero-order chi connectivity index (χ0) is 18.0. The van der Waals surface area contributed by atoms with Crippen molar-refractivity contribution in [3.05, 3.63) is 42.5 Å². The Balaban J connectivity index is 2.32. The van der Waals surface area contributed by atoms with Crippen LogP contribution in [-0.2, 0) is 19.6 Å². The highest BCUT2D eigenvalue weighted by molar-refractivity contribution is 7.89. The van der Waals surface area contributed by atoms with Gasteiger partial charge >= 0.3 is 5.97 Å². The van der Waals surface area contributed by atoms with Gasteiger partial charge in [0.15, 0.2) is 0 Å². The van der Waals surface area contributed by atoms with Crippen LogP contribution in [0.3, 0.4) is 0 Å². The average Bonchev–Trinajstić information content (AvgIpc) is 2.49. The Labute approximate surface area is 141 Å². The second-order valence-corrected chi connectivity index (χ2v) is 8.10. The minimum absolute atomic E-state index is 0.0441. The van der Waals surface area contributed by atoms with E-state index in [1.165, 1.54) is 6.07 Å². The summed E-state index contributed by atoms with van der Waals surface area (Å²) >= 11 is 0. The summed E-state index contributed by atoms with van der Waals surface area (Å²) in [4.78, 5) is 11.4. The number of benzene rings is 2. The van der Waals surface area contributed by atoms with Gasteiger partial charge in [-0.3, -0.25) is 4.79 Å². The molecule has 0 amide bonds. The van der Waals surface area contributed by atoms with E-state index in [1.54, 1.807) is 51.1 Å². The molecule has 7 heteroatoms. The molecule has 0 aromatic heterocycles. The molecule has 2 rings (SSSR count). The molecule has 1 atom stereocenters. The zero-order valence-corrected chi connectivity index (χ0v) is 14.6. The second-order valence-electron chi connectivity index (χ2n) is 6.41. The Morgan fingerprint density at radius 1 is 1.17 bits per heavy atom. The molecule has 0 saturated carbocycles. The van der Waals surface area contributed by atoms with E-state index in [2.05, 4.69) is 4.72 Å². The van der Waals surface area contributed by atoms with Gasteiger partial charge in [0.2, 0.25) is 10.0 Å². The molecule has 6 nitrogen and oxygen atoms in total. The molecular weight excluding hydrogens is 330 g/mol. The maximum Gasteiger partial charge on any atom is 0.324 e. The molecule has 0 bridgehead atoms. The molecule has 0 fully saturated rings. The molecule has 1 unspecified atom stereocenters. The summed E-state index contributed by atoms with van der Waals surface area (Å²) in [5, 5.41) is 10.6. The van der Waals surface area contributed by atoms with Crippen molar-refractivity contribution in [3.63, 3.8) is 0 Å². The summed E-state index contributed by atoms with van der Waals surface area (Å²) < 4.78 is 32.9. The smallest absolute Gasteiger partial charge is 0.324 e. The largest absolute Gasteiger partial charge is 0.480 e. The van der Waals surface area contributed by atoms with Gasteiger partial charge in [0.1, 0.15) is 6.04 Å². The Kier molecular flexibility index (Phi) is 5.27. The van der Waals surface area contributed by atoms with Crippen molar-refractivity contribution < 1.29 is 23.1 Å². The topological polar surface area (TPSA) is 92.7 Å². The standard InChI is InChI=1S/C17H21NO5S/c1-17(2,3)23-11-14(16(19)20)18-24(21,22)15-10-6-8-12-7-4-5-9-13(12)15/h4-10,14,18H,11H2,1-3H3,(H,19,20). The predicted octanol–water partition coefficient (Wildman–Crippen LogP) is 2.39. The number of carbonyl (C=O) groups is 1. The molecular formula is C17H21NO5S. The van der Waals surface area contributed by atoms with Gasteiger partial charge in [-0.25, -0.2) is 8.42 Å². The third-order valence-corrected chi connectivity index (χ3v) is 4.85. The van der Waals surface area contributed by atoms with Gasteiger partial charge in [0, 0.05) is 5.39 Å². The van der Waals surface area contributed by atoms with Crippen molar-refractivity contribution in [3.8, 4) is 0 Å². The Morgan fingerprint density at radius 2 is 1.79 bits per heavy atom. The van der Waals surface area contributed by atoms with Gasteiger partial charge in [-0.15, -0.1) is 0 Å². The third kappa shape index (κ3) is 4.53. The summed E-state index contributed by atoms with van der Waals surface area (Å²) in [6.45, 7) is 5.05. The van der Waals surface area contributed by atoms with Crippen LogP contribution >= 0.6 is 0 Å². The fourth-order valence-corrected chi connectivity index (χ4v) is 3.57. The second kappa shape index (κ2) is 6.88. The quantitative estimate of drug-likeness (QED) is 0.833. The Bertz CT molecular complexity index is 834. The minimum atomic E-state index is -4.01. The van der Waals surface area contributed by atoms with Crippen LogP contribution in [0.4, 0.5) is 0 Å². The van der Waals surface area contributed by atoms with Crippen molar-refractivity contribution in [1.29, 1.82) is 0 Å². The third-order valence-electron chi connectivity index (χ3n) is 3.32. The molecule has 24 heavy (non-hydrogen) atoms. The molecule has 0 spiro atoms. The molecule has 2 N–H and O–H groups in total. The number of carboxylic acids is 1. The molecule has 0 saturated heterocycles. The van der Waals surface area contributed by atoms with Crippen LogP contribution in [0.25, 0.3) is 10.8 Å². The lowest BCUT2D eigenvalue weighted by Crippen LogP contribution is -2.45. The molecule has 130 valence electrons. The molecule has 0 aliphatic heterocycles. The van der Waals surface area contributed by atoms with Crippen molar-refractivity contribution >= 4 is 26.8 Å². The van der Waals surface area contributed by atoms with E-state index in [-0.39, 0.29) is 11.5 Å². The maximum absolute atomic E-state index is 12.7. The molecule has 0 radical (unpaired) electrons. The van der Waals surface area contributed by atoms with Crippen LogP contribution in [0.5, 0.6) is 0 Å². The lowest BCUT2D eigenvalue weighted by atomic mass is 10.1. The number of fused-ring (bicyclic) bond motifs is 1. The van der Waals surface area contributed by atoms with E-state index in [9.17, 15) is 18.3 Å². The van der Waals surface area contributed by atoms with Gasteiger partial charge in [-0.2, -0.15) is 4.72 Å². The maximum atomic E-state index is 12.7. The molecule has 0 heterocycles. The summed E-state index contributed by atoms with van der Waals surface area (Å²) in [7, 11) is -4.01. The number of nitrogens with one attached hydrogen (secondary N) is 1. The average molecular weight is 351 g/mol. The first-order valence-electron chi connectivity index (χ1n) is 7.47. The number of ether oxygens (including phenoxy) is 1. The highest BCUT2D eigenvalue weighted by Gasteiger charge is 2.28. The lowest BCUT2D eigenvalue weighted by molar-refractivity contribution is -0.142. The highest BCUT2D eigenvalue weighted by Crippen LogP contribution is 2.23. The summed E-state index contributed by atoms with van der Waals surface area (Å²) in [5.41, 5.74) is -0.571. The van der Waals surface area contributed by atoms with E-state index in [0.717, 1.165) is 5.39 Å². The number of hydrogen-bond donors (Lipinski definition) is 2. The van der Waals surface area contributed by atoms with Crippen molar-refractivity contribution in [2.45, 2.75) is 37.3 Å². The molecule has 0 aliphatic carbocycles. The molecule has 2 aromatic rings. The first-order valence-corrected chi connectivity index (χ1v) is 8.95. The summed E-state index contributed by atoms with van der Waals surface area (Å²) in [6.07, 6.45) is 0. The number of sulfonamides is 1. The minimum Gasteiger partial charge on any atom is -0.480 e. The van der Waals surface area contributed by atoms with Crippen LogP contribution in [0, 0.1) is 0 Å². The fraction of sp³-hybridized carbons (Fsp3) is 0.353. The van der Waals surface area contributed by atoms with Crippen molar-refractivity contribution in [1.82, 2.24) is 4.72 Å². The number of aliphatic carboxylic acids is 1. The highest BCUT2D eigenvalue weighted by atomic mass is 32.2. The van der Waals surface area contributed by atoms with Gasteiger partial charge < -0.3 is 9.84 Å². The summed E-state index contributed by atoms with van der Waals surface area (Å²) in [6, 6.07) is 10.5. The summed E-state index contributed by atoms with van der Waals surface area (Å²) in [5.74, 6) is -1.29. The van der Waals surface area contributed by atoms with Gasteiger partial charge in [-0.05, 0) is 32.2 Å². The SMILES string of the molecule is CC(C)(C)OCC(NS(=O)(=O)c1cccc2ccccc12)C(=O)O. The fourth-order valence-electron chi connectivity index (χ4n) is 2.17. The number of carboxylic acid groups (broad SMARTS) is 1. The molecule has 2 aromatic carbocycles. The van der Waals surface area contributed by atoms with Crippen LogP contribution in [0.1, 0.15) is 20.8 Å². The normalized spacial score (nSPS) is 13.8. The van der Waals surface area contributed by atoms with Crippen LogP contribution < -0.4 is 4.72 Å². The number of rotatable bonds is 6. The predicted molar refractivity (Wildman–Crippen MR) is 91.4 cm³/mol. The van der Waals surface area contributed by atoms with Crippen molar-refractivity contribution in [2.75, 3.05) is 6.61 Å². The Morgan fingerprint density at radius 3 is 2.42 bits per heavy atom. The van der Waals surface area contributed by atoms with E-state index < -0.39 is 27.6 Å². The molecule has 0 aliphatic rings.